The molecule has 1 saturated carbocycles. The predicted molar refractivity (Wildman–Crippen MR) is 45.8 cm³/mol. The molecule has 0 heterocycles. The van der Waals surface area contributed by atoms with Gasteiger partial charge in [-0.3, -0.25) is 0 Å². The van der Waals surface area contributed by atoms with Crippen LogP contribution in [0, 0.1) is 11.8 Å². The topological polar surface area (TPSA) is 0 Å². The zero-order chi connectivity index (χ0) is 7.40. The Balaban J connectivity index is 2.34. The molecule has 0 heteroatoms. The maximum absolute atomic E-state index is 2.33. The summed E-state index contributed by atoms with van der Waals surface area (Å²) in [6.07, 6.45) is 8.54. The summed E-state index contributed by atoms with van der Waals surface area (Å²) in [7, 11) is 0. The largest absolute Gasteiger partial charge is 0.0651 e. The van der Waals surface area contributed by atoms with Crippen LogP contribution in [0.5, 0.6) is 0 Å². The van der Waals surface area contributed by atoms with Crippen molar-refractivity contribution in [2.45, 2.75) is 52.4 Å². The van der Waals surface area contributed by atoms with Crippen molar-refractivity contribution in [2.75, 3.05) is 0 Å². The average Bonchev–Trinajstić information content (AvgIpc) is 2.04. The van der Waals surface area contributed by atoms with Crippen LogP contribution < -0.4 is 0 Å². The summed E-state index contributed by atoms with van der Waals surface area (Å²) >= 11 is 0. The third kappa shape index (κ3) is 1.74. The highest BCUT2D eigenvalue weighted by Crippen LogP contribution is 2.35. The van der Waals surface area contributed by atoms with Crippen LogP contribution in [0.25, 0.3) is 0 Å². The molecule has 59 valence electrons. The van der Waals surface area contributed by atoms with E-state index in [4.69, 9.17) is 0 Å². The highest BCUT2D eigenvalue weighted by atomic mass is 14.3. The molecule has 1 aliphatic carbocycles. The van der Waals surface area contributed by atoms with Gasteiger partial charge < -0.3 is 0 Å². The molecule has 1 atom stereocenters. The Morgan fingerprint density at radius 1 is 1.30 bits per heavy atom. The van der Waals surface area contributed by atoms with Crippen LogP contribution in [0.1, 0.15) is 52.4 Å². The Labute approximate surface area is 65.0 Å². The summed E-state index contributed by atoms with van der Waals surface area (Å²) in [5.41, 5.74) is 0. The van der Waals surface area contributed by atoms with Crippen LogP contribution in [0.4, 0.5) is 0 Å². The second-order valence-corrected chi connectivity index (χ2v) is 3.36. The van der Waals surface area contributed by atoms with Crippen LogP contribution in [-0.4, -0.2) is 0 Å². The molecule has 0 aromatic heterocycles. The molecule has 0 nitrogen and oxygen atoms in total. The Morgan fingerprint density at radius 3 is 2.60 bits per heavy atom. The Hall–Kier alpha value is 0. The fraction of sp³-hybridized carbons (Fsp3) is 0.900. The van der Waals surface area contributed by atoms with Crippen LogP contribution in [0.3, 0.4) is 0 Å². The van der Waals surface area contributed by atoms with E-state index in [0.29, 0.717) is 0 Å². The summed E-state index contributed by atoms with van der Waals surface area (Å²) in [4.78, 5) is 0. The van der Waals surface area contributed by atoms with Crippen LogP contribution >= 0.6 is 0 Å². The molecule has 0 N–H and O–H groups in total. The molecule has 1 fully saturated rings. The van der Waals surface area contributed by atoms with Gasteiger partial charge in [-0.2, -0.15) is 0 Å². The summed E-state index contributed by atoms with van der Waals surface area (Å²) in [6.45, 7) is 4.63. The monoisotopic (exact) mass is 139 g/mol. The summed E-state index contributed by atoms with van der Waals surface area (Å²) in [5, 5.41) is 0. The molecule has 0 aromatic rings. The maximum Gasteiger partial charge on any atom is -0.0213 e. The molecule has 0 bridgehead atoms. The summed E-state index contributed by atoms with van der Waals surface area (Å²) in [6, 6.07) is 0. The predicted octanol–water partition coefficient (Wildman–Crippen LogP) is 3.57. The van der Waals surface area contributed by atoms with Gasteiger partial charge in [0, 0.05) is 0 Å². The van der Waals surface area contributed by atoms with E-state index >= 15 is 0 Å². The lowest BCUT2D eigenvalue weighted by Gasteiger charge is -2.29. The second-order valence-electron chi connectivity index (χ2n) is 3.36. The average molecular weight is 139 g/mol. The van der Waals surface area contributed by atoms with E-state index in [1.54, 1.807) is 0 Å². The Bertz CT molecular complexity index is 74.0. The second kappa shape index (κ2) is 4.00. The highest BCUT2D eigenvalue weighted by Gasteiger charge is 2.21. The first-order valence-electron chi connectivity index (χ1n) is 4.73. The van der Waals surface area contributed by atoms with Crippen molar-refractivity contribution >= 4 is 0 Å². The van der Waals surface area contributed by atoms with Gasteiger partial charge in [0.25, 0.3) is 0 Å². The SMILES string of the molecule is CC[C]1CCCCC1CC. The van der Waals surface area contributed by atoms with E-state index in [9.17, 15) is 0 Å². The van der Waals surface area contributed by atoms with Crippen molar-refractivity contribution in [3.05, 3.63) is 5.92 Å². The van der Waals surface area contributed by atoms with Gasteiger partial charge in [-0.15, -0.1) is 0 Å². The third-order valence-electron chi connectivity index (χ3n) is 2.82. The zero-order valence-electron chi connectivity index (χ0n) is 7.32. The van der Waals surface area contributed by atoms with Crippen molar-refractivity contribution in [1.82, 2.24) is 0 Å². The molecule has 0 aromatic carbocycles. The Kier molecular flexibility index (Phi) is 3.24. The summed E-state index contributed by atoms with van der Waals surface area (Å²) in [5.74, 6) is 2.83. The van der Waals surface area contributed by atoms with Crippen LogP contribution in [0.15, 0.2) is 0 Å². The van der Waals surface area contributed by atoms with E-state index in [2.05, 4.69) is 13.8 Å². The lowest BCUT2D eigenvalue weighted by Crippen LogP contribution is -2.15. The minimum atomic E-state index is 0.985. The number of rotatable bonds is 2. The van der Waals surface area contributed by atoms with Crippen molar-refractivity contribution < 1.29 is 0 Å². The number of hydrogen-bond acceptors (Lipinski definition) is 0. The lowest BCUT2D eigenvalue weighted by molar-refractivity contribution is 0.370. The smallest absolute Gasteiger partial charge is 0.0213 e. The van der Waals surface area contributed by atoms with Crippen molar-refractivity contribution in [3.8, 4) is 0 Å². The van der Waals surface area contributed by atoms with E-state index < -0.39 is 0 Å². The quantitative estimate of drug-likeness (QED) is 0.548. The first kappa shape index (κ1) is 8.10. The standard InChI is InChI=1S/C10H19/c1-3-9-7-5-6-8-10(9)4-2/h9H,3-8H2,1-2H3. The molecule has 1 rings (SSSR count). The van der Waals surface area contributed by atoms with Crippen LogP contribution in [0.2, 0.25) is 0 Å². The first-order valence-corrected chi connectivity index (χ1v) is 4.73. The fourth-order valence-electron chi connectivity index (χ4n) is 2.11. The molecule has 10 heavy (non-hydrogen) atoms. The molecule has 1 unspecified atom stereocenters. The van der Waals surface area contributed by atoms with Gasteiger partial charge in [0.2, 0.25) is 0 Å². The molecule has 0 amide bonds. The zero-order valence-corrected chi connectivity index (χ0v) is 7.32. The van der Waals surface area contributed by atoms with E-state index in [0.717, 1.165) is 5.92 Å². The lowest BCUT2D eigenvalue weighted by atomic mass is 9.77. The molecular formula is C10H19. The van der Waals surface area contributed by atoms with Crippen molar-refractivity contribution in [2.24, 2.45) is 5.92 Å². The fourth-order valence-corrected chi connectivity index (χ4v) is 2.11. The van der Waals surface area contributed by atoms with Gasteiger partial charge >= 0.3 is 0 Å². The van der Waals surface area contributed by atoms with Crippen molar-refractivity contribution in [3.63, 3.8) is 0 Å². The van der Waals surface area contributed by atoms with Gasteiger partial charge in [0.05, 0.1) is 0 Å². The highest BCUT2D eigenvalue weighted by molar-refractivity contribution is 4.97. The van der Waals surface area contributed by atoms with Gasteiger partial charge in [-0.25, -0.2) is 0 Å². The minimum Gasteiger partial charge on any atom is -0.0651 e. The van der Waals surface area contributed by atoms with Gasteiger partial charge in [0.1, 0.15) is 0 Å². The van der Waals surface area contributed by atoms with E-state index in [1.807, 2.05) is 5.92 Å². The molecular weight excluding hydrogens is 120 g/mol. The molecule has 0 spiro atoms. The summed E-state index contributed by atoms with van der Waals surface area (Å²) < 4.78 is 0. The molecule has 0 aliphatic heterocycles. The van der Waals surface area contributed by atoms with Crippen LogP contribution in [-0.2, 0) is 0 Å². The van der Waals surface area contributed by atoms with E-state index in [-0.39, 0.29) is 0 Å². The van der Waals surface area contributed by atoms with Gasteiger partial charge in [-0.05, 0) is 31.1 Å². The van der Waals surface area contributed by atoms with Gasteiger partial charge in [0.15, 0.2) is 0 Å². The molecule has 1 aliphatic rings. The maximum atomic E-state index is 2.33. The Morgan fingerprint density at radius 2 is 2.10 bits per heavy atom. The molecule has 0 saturated heterocycles. The number of hydrogen-bond donors (Lipinski definition) is 0. The third-order valence-corrected chi connectivity index (χ3v) is 2.82. The van der Waals surface area contributed by atoms with Crippen molar-refractivity contribution in [1.29, 1.82) is 0 Å². The van der Waals surface area contributed by atoms with Gasteiger partial charge in [-0.1, -0.05) is 33.1 Å². The van der Waals surface area contributed by atoms with E-state index in [1.165, 1.54) is 38.5 Å². The minimum absolute atomic E-state index is 0.985. The first-order chi connectivity index (χ1) is 4.88. The molecule has 1 radical (unpaired) electrons. The normalized spacial score (nSPS) is 28.8.